The summed E-state index contributed by atoms with van der Waals surface area (Å²) in [5, 5.41) is 3.99. The fourth-order valence-corrected chi connectivity index (χ4v) is 4.28. The molecule has 1 aliphatic heterocycles. The summed E-state index contributed by atoms with van der Waals surface area (Å²) in [5.74, 6) is 1.70. The quantitative estimate of drug-likeness (QED) is 0.833. The van der Waals surface area contributed by atoms with Crippen LogP contribution in [0.5, 0.6) is 0 Å². The molecule has 1 unspecified atom stereocenters. The average molecular weight is 364 g/mol. The lowest BCUT2D eigenvalue weighted by molar-refractivity contribution is -0.136. The third-order valence-corrected chi connectivity index (χ3v) is 6.25. The molecule has 26 heavy (non-hydrogen) atoms. The highest BCUT2D eigenvalue weighted by molar-refractivity contribution is 5.77. The maximum Gasteiger partial charge on any atom is 0.243 e. The summed E-state index contributed by atoms with van der Waals surface area (Å²) in [4.78, 5) is 21.6. The van der Waals surface area contributed by atoms with Gasteiger partial charge < -0.3 is 15.2 Å². The summed E-state index contributed by atoms with van der Waals surface area (Å²) < 4.78 is 5.38. The first-order chi connectivity index (χ1) is 12.6. The van der Waals surface area contributed by atoms with E-state index in [9.17, 15) is 4.79 Å². The maximum absolute atomic E-state index is 12.8. The molecule has 0 radical (unpaired) electrons. The van der Waals surface area contributed by atoms with E-state index in [1.807, 2.05) is 11.8 Å². The third-order valence-electron chi connectivity index (χ3n) is 6.25. The fourth-order valence-electron chi connectivity index (χ4n) is 4.28. The molecule has 7 heteroatoms. The van der Waals surface area contributed by atoms with Crippen molar-refractivity contribution >= 4 is 5.91 Å². The Balaban J connectivity index is 1.51. The molecule has 2 aliphatic rings. The standard InChI is InChI=1S/C19H33N5O2/c1-3-16-21-18(26-22-16)15(2)23-9-11-24(12-10-23)17(25)13-19(14-20)7-5-4-6-8-19/h15H,3-14,20H2,1-2H3. The van der Waals surface area contributed by atoms with E-state index in [1.165, 1.54) is 19.3 Å². The van der Waals surface area contributed by atoms with Crippen molar-refractivity contribution in [2.75, 3.05) is 32.7 Å². The predicted molar refractivity (Wildman–Crippen MR) is 99.4 cm³/mol. The lowest BCUT2D eigenvalue weighted by Gasteiger charge is -2.40. The molecule has 2 fully saturated rings. The van der Waals surface area contributed by atoms with Gasteiger partial charge in [0.05, 0.1) is 6.04 Å². The molecule has 1 atom stereocenters. The largest absolute Gasteiger partial charge is 0.340 e. The fraction of sp³-hybridized carbons (Fsp3) is 0.842. The van der Waals surface area contributed by atoms with Crippen molar-refractivity contribution in [2.45, 2.75) is 64.8 Å². The van der Waals surface area contributed by atoms with E-state index in [4.69, 9.17) is 10.3 Å². The molecule has 146 valence electrons. The number of hydrogen-bond acceptors (Lipinski definition) is 6. The van der Waals surface area contributed by atoms with Gasteiger partial charge in [-0.25, -0.2) is 0 Å². The molecule has 1 aliphatic carbocycles. The van der Waals surface area contributed by atoms with E-state index in [1.54, 1.807) is 0 Å². The minimum absolute atomic E-state index is 0.0417. The highest BCUT2D eigenvalue weighted by atomic mass is 16.5. The zero-order valence-corrected chi connectivity index (χ0v) is 16.2. The van der Waals surface area contributed by atoms with E-state index in [2.05, 4.69) is 22.0 Å². The van der Waals surface area contributed by atoms with Crippen LogP contribution in [0.25, 0.3) is 0 Å². The number of carbonyl (C=O) groups is 1. The second kappa shape index (κ2) is 8.48. The average Bonchev–Trinajstić information content (AvgIpc) is 3.17. The van der Waals surface area contributed by atoms with Gasteiger partial charge in [0.2, 0.25) is 11.8 Å². The Kier molecular flexibility index (Phi) is 6.29. The second-order valence-corrected chi connectivity index (χ2v) is 7.94. The monoisotopic (exact) mass is 363 g/mol. The summed E-state index contributed by atoms with van der Waals surface area (Å²) >= 11 is 0. The summed E-state index contributed by atoms with van der Waals surface area (Å²) in [6.45, 7) is 7.95. The van der Waals surface area contributed by atoms with Gasteiger partial charge in [-0.05, 0) is 31.7 Å². The molecule has 0 spiro atoms. The zero-order valence-electron chi connectivity index (χ0n) is 16.2. The maximum atomic E-state index is 12.8. The summed E-state index contributed by atoms with van der Waals surface area (Å²) in [7, 11) is 0. The Morgan fingerprint density at radius 2 is 1.92 bits per heavy atom. The van der Waals surface area contributed by atoms with Gasteiger partial charge in [-0.2, -0.15) is 4.98 Å². The van der Waals surface area contributed by atoms with Gasteiger partial charge in [0.1, 0.15) is 0 Å². The van der Waals surface area contributed by atoms with Crippen LogP contribution in [0.3, 0.4) is 0 Å². The van der Waals surface area contributed by atoms with Crippen molar-refractivity contribution < 1.29 is 9.32 Å². The highest BCUT2D eigenvalue weighted by Crippen LogP contribution is 2.39. The van der Waals surface area contributed by atoms with Gasteiger partial charge in [-0.3, -0.25) is 9.69 Å². The molecule has 3 rings (SSSR count). The van der Waals surface area contributed by atoms with Crippen LogP contribution in [0.2, 0.25) is 0 Å². The van der Waals surface area contributed by atoms with Crippen LogP contribution in [0.4, 0.5) is 0 Å². The number of aryl methyl sites for hydroxylation is 1. The lowest BCUT2D eigenvalue weighted by atomic mass is 9.71. The number of piperazine rings is 1. The summed E-state index contributed by atoms with van der Waals surface area (Å²) in [6.07, 6.45) is 7.29. The molecule has 2 heterocycles. The van der Waals surface area contributed by atoms with E-state index in [-0.39, 0.29) is 17.4 Å². The van der Waals surface area contributed by atoms with Crippen molar-refractivity contribution in [1.82, 2.24) is 19.9 Å². The Morgan fingerprint density at radius 1 is 1.23 bits per heavy atom. The van der Waals surface area contributed by atoms with Gasteiger partial charge in [0, 0.05) is 39.0 Å². The summed E-state index contributed by atoms with van der Waals surface area (Å²) in [6, 6.07) is 0.0915. The van der Waals surface area contributed by atoms with Crippen LogP contribution in [-0.2, 0) is 11.2 Å². The van der Waals surface area contributed by atoms with Crippen molar-refractivity contribution in [3.8, 4) is 0 Å². The molecule has 1 amide bonds. The van der Waals surface area contributed by atoms with Gasteiger partial charge in [-0.1, -0.05) is 31.3 Å². The van der Waals surface area contributed by atoms with E-state index >= 15 is 0 Å². The van der Waals surface area contributed by atoms with Gasteiger partial charge in [-0.15, -0.1) is 0 Å². The molecule has 1 aromatic rings. The molecule has 1 saturated carbocycles. The van der Waals surface area contributed by atoms with E-state index in [0.717, 1.165) is 51.3 Å². The predicted octanol–water partition coefficient (Wildman–Crippen LogP) is 2.14. The number of carbonyl (C=O) groups excluding carboxylic acids is 1. The van der Waals surface area contributed by atoms with Crippen LogP contribution in [-0.4, -0.2) is 58.6 Å². The van der Waals surface area contributed by atoms with Crippen molar-refractivity contribution in [1.29, 1.82) is 0 Å². The van der Waals surface area contributed by atoms with Crippen LogP contribution in [0.1, 0.15) is 70.1 Å². The van der Waals surface area contributed by atoms with E-state index < -0.39 is 0 Å². The third kappa shape index (κ3) is 4.26. The number of rotatable bonds is 6. The van der Waals surface area contributed by atoms with Gasteiger partial charge in [0.15, 0.2) is 5.82 Å². The van der Waals surface area contributed by atoms with Crippen molar-refractivity contribution in [3.63, 3.8) is 0 Å². The molecule has 1 saturated heterocycles. The minimum atomic E-state index is 0.0417. The van der Waals surface area contributed by atoms with Gasteiger partial charge >= 0.3 is 0 Å². The van der Waals surface area contributed by atoms with Crippen LogP contribution in [0, 0.1) is 5.41 Å². The van der Waals surface area contributed by atoms with Crippen molar-refractivity contribution in [2.24, 2.45) is 11.1 Å². The SMILES string of the molecule is CCc1noc(C(C)N2CCN(C(=O)CC3(CN)CCCCC3)CC2)n1. The highest BCUT2D eigenvalue weighted by Gasteiger charge is 2.35. The first-order valence-electron chi connectivity index (χ1n) is 10.1. The minimum Gasteiger partial charge on any atom is -0.340 e. The lowest BCUT2D eigenvalue weighted by Crippen LogP contribution is -2.50. The Labute approximate surface area is 156 Å². The molecule has 7 nitrogen and oxygen atoms in total. The van der Waals surface area contributed by atoms with Crippen LogP contribution < -0.4 is 5.73 Å². The van der Waals surface area contributed by atoms with Crippen LogP contribution >= 0.6 is 0 Å². The number of aromatic nitrogens is 2. The second-order valence-electron chi connectivity index (χ2n) is 7.94. The Morgan fingerprint density at radius 3 is 2.50 bits per heavy atom. The normalized spacial score (nSPS) is 22.3. The topological polar surface area (TPSA) is 88.5 Å². The first kappa shape index (κ1) is 19.3. The molecule has 2 N–H and O–H groups in total. The molecule has 0 bridgehead atoms. The summed E-state index contributed by atoms with van der Waals surface area (Å²) in [5.41, 5.74) is 6.10. The molecule has 0 aromatic carbocycles. The smallest absolute Gasteiger partial charge is 0.243 e. The van der Waals surface area contributed by atoms with Gasteiger partial charge in [0.25, 0.3) is 0 Å². The van der Waals surface area contributed by atoms with Crippen molar-refractivity contribution in [3.05, 3.63) is 11.7 Å². The van der Waals surface area contributed by atoms with Crippen LogP contribution in [0.15, 0.2) is 4.52 Å². The Hall–Kier alpha value is -1.47. The molecular formula is C19H33N5O2. The number of hydrogen-bond donors (Lipinski definition) is 1. The molecule has 1 aromatic heterocycles. The Bertz CT molecular complexity index is 589. The number of nitrogens with zero attached hydrogens (tertiary/aromatic N) is 4. The first-order valence-corrected chi connectivity index (χ1v) is 10.1. The number of nitrogens with two attached hydrogens (primary N) is 1. The number of amides is 1. The molecular weight excluding hydrogens is 330 g/mol. The van der Waals surface area contributed by atoms with E-state index in [0.29, 0.717) is 18.9 Å². The zero-order chi connectivity index (χ0) is 18.6.